The maximum atomic E-state index is 13.4. The summed E-state index contributed by atoms with van der Waals surface area (Å²) in [6.07, 6.45) is 0. The number of carbonyl (C=O) groups is 1. The molecule has 116 valence electrons. The molecule has 0 aromatic heterocycles. The van der Waals surface area contributed by atoms with Gasteiger partial charge in [-0.3, -0.25) is 0 Å². The number of benzene rings is 2. The number of rotatable bonds is 2. The van der Waals surface area contributed by atoms with Crippen molar-refractivity contribution in [3.05, 3.63) is 64.2 Å². The number of aryl methyl sites for hydroxylation is 1. The summed E-state index contributed by atoms with van der Waals surface area (Å²) in [5.74, 6) is -14.3. The van der Waals surface area contributed by atoms with E-state index in [-0.39, 0.29) is 11.3 Å². The van der Waals surface area contributed by atoms with Crippen LogP contribution in [0.2, 0.25) is 0 Å². The summed E-state index contributed by atoms with van der Waals surface area (Å²) < 4.78 is 83.2. The third-order valence-corrected chi connectivity index (χ3v) is 2.75. The monoisotopic (exact) mass is 320 g/mol. The minimum Gasteiger partial charge on any atom is -0.423 e. The Kier molecular flexibility index (Phi) is 4.11. The number of hydrogen-bond donors (Lipinski definition) is 0. The molecule has 2 aromatic carbocycles. The molecule has 0 spiro atoms. The quantitative estimate of drug-likeness (QED) is 0.274. The van der Waals surface area contributed by atoms with E-state index in [2.05, 4.69) is 4.74 Å². The lowest BCUT2D eigenvalue weighted by atomic mass is 10.1. The van der Waals surface area contributed by atoms with Crippen LogP contribution in [0.4, 0.5) is 26.3 Å². The number of hydrogen-bond acceptors (Lipinski definition) is 2. The van der Waals surface area contributed by atoms with Crippen LogP contribution < -0.4 is 4.74 Å². The van der Waals surface area contributed by atoms with Gasteiger partial charge in [-0.25, -0.2) is 31.1 Å². The van der Waals surface area contributed by atoms with Crippen molar-refractivity contribution < 1.29 is 35.9 Å². The first-order valence-corrected chi connectivity index (χ1v) is 5.73. The predicted molar refractivity (Wildman–Crippen MR) is 62.3 cm³/mol. The zero-order valence-electron chi connectivity index (χ0n) is 10.8. The van der Waals surface area contributed by atoms with Gasteiger partial charge in [-0.15, -0.1) is 0 Å². The fourth-order valence-electron chi connectivity index (χ4n) is 1.62. The summed E-state index contributed by atoms with van der Waals surface area (Å²) in [7, 11) is 0. The maximum absolute atomic E-state index is 13.4. The van der Waals surface area contributed by atoms with E-state index in [4.69, 9.17) is 0 Å². The average molecular weight is 320 g/mol. The molecule has 0 amide bonds. The number of carbonyl (C=O) groups excluding carboxylic acids is 1. The molecule has 0 aliphatic heterocycles. The fourth-order valence-corrected chi connectivity index (χ4v) is 1.62. The molecule has 2 rings (SSSR count). The first-order valence-electron chi connectivity index (χ1n) is 5.73. The van der Waals surface area contributed by atoms with Crippen LogP contribution in [0.25, 0.3) is 0 Å². The van der Waals surface area contributed by atoms with Crippen LogP contribution in [0.15, 0.2) is 18.2 Å². The van der Waals surface area contributed by atoms with Crippen LogP contribution in [-0.4, -0.2) is 5.97 Å². The lowest BCUT2D eigenvalue weighted by molar-refractivity contribution is 0.0720. The molecule has 0 saturated heterocycles. The fraction of sp³-hybridized carbons (Fsp3) is 0.0714. The van der Waals surface area contributed by atoms with E-state index in [1.165, 1.54) is 6.92 Å². The van der Waals surface area contributed by atoms with Gasteiger partial charge in [-0.2, -0.15) is 0 Å². The van der Waals surface area contributed by atoms with Crippen LogP contribution in [0.5, 0.6) is 5.75 Å². The van der Waals surface area contributed by atoms with Gasteiger partial charge in [-0.1, -0.05) is 0 Å². The van der Waals surface area contributed by atoms with Crippen molar-refractivity contribution in [2.75, 3.05) is 0 Å². The Labute approximate surface area is 119 Å². The Bertz CT molecular complexity index is 743. The molecule has 0 saturated carbocycles. The van der Waals surface area contributed by atoms with Crippen LogP contribution in [-0.2, 0) is 0 Å². The average Bonchev–Trinajstić information content (AvgIpc) is 2.47. The highest BCUT2D eigenvalue weighted by molar-refractivity contribution is 5.91. The Balaban J connectivity index is 2.44. The molecule has 0 aliphatic carbocycles. The lowest BCUT2D eigenvalue weighted by Gasteiger charge is -2.09. The Hall–Kier alpha value is -2.51. The summed E-state index contributed by atoms with van der Waals surface area (Å²) in [5.41, 5.74) is -1.67. The van der Waals surface area contributed by atoms with Crippen LogP contribution in [0.1, 0.15) is 15.9 Å². The molecule has 2 aromatic rings. The lowest BCUT2D eigenvalue weighted by Crippen LogP contribution is -2.17. The molecule has 0 N–H and O–H groups in total. The van der Waals surface area contributed by atoms with Crippen LogP contribution in [0, 0.1) is 41.8 Å². The van der Waals surface area contributed by atoms with Gasteiger partial charge in [0.05, 0.1) is 0 Å². The number of halogens is 6. The highest BCUT2D eigenvalue weighted by Gasteiger charge is 2.31. The molecule has 0 radical (unpaired) electrons. The number of ether oxygens (including phenoxy) is 1. The topological polar surface area (TPSA) is 26.3 Å². The van der Waals surface area contributed by atoms with Crippen molar-refractivity contribution in [3.8, 4) is 5.75 Å². The molecule has 0 unspecified atom stereocenters. The maximum Gasteiger partial charge on any atom is 0.349 e. The van der Waals surface area contributed by atoms with Gasteiger partial charge in [0.25, 0.3) is 0 Å². The minimum atomic E-state index is -2.39. The zero-order chi connectivity index (χ0) is 16.6. The molecule has 22 heavy (non-hydrogen) atoms. The molecule has 0 bridgehead atoms. The van der Waals surface area contributed by atoms with Gasteiger partial charge in [0, 0.05) is 0 Å². The van der Waals surface area contributed by atoms with Crippen LogP contribution >= 0.6 is 0 Å². The molecule has 0 fully saturated rings. The molecule has 8 heteroatoms. The zero-order valence-corrected chi connectivity index (χ0v) is 10.8. The summed E-state index contributed by atoms with van der Waals surface area (Å²) in [6.45, 7) is 1.32. The summed E-state index contributed by atoms with van der Waals surface area (Å²) >= 11 is 0. The van der Waals surface area contributed by atoms with Gasteiger partial charge < -0.3 is 4.74 Å². The Morgan fingerprint density at radius 3 is 1.86 bits per heavy atom. The summed E-state index contributed by atoms with van der Waals surface area (Å²) in [5, 5.41) is 0. The van der Waals surface area contributed by atoms with Gasteiger partial charge in [0.1, 0.15) is 17.1 Å². The molecular weight excluding hydrogens is 314 g/mol. The van der Waals surface area contributed by atoms with E-state index in [0.717, 1.165) is 18.2 Å². The normalized spacial score (nSPS) is 10.7. The van der Waals surface area contributed by atoms with Crippen molar-refractivity contribution in [3.63, 3.8) is 0 Å². The number of esters is 1. The van der Waals surface area contributed by atoms with E-state index >= 15 is 0 Å². The van der Waals surface area contributed by atoms with Crippen molar-refractivity contribution >= 4 is 5.97 Å². The highest BCUT2D eigenvalue weighted by atomic mass is 19.2. The van der Waals surface area contributed by atoms with Gasteiger partial charge in [0.2, 0.25) is 5.82 Å². The summed E-state index contributed by atoms with van der Waals surface area (Å²) in [4.78, 5) is 11.6. The molecule has 0 atom stereocenters. The standard InChI is InChI=1S/C14H6F6O2/c1-5-4-6(2-3-7(5)15)22-14(21)8-9(16)11(18)13(20)12(19)10(8)17/h2-4H,1H3. The van der Waals surface area contributed by atoms with Crippen molar-refractivity contribution in [1.29, 1.82) is 0 Å². The Morgan fingerprint density at radius 1 is 0.864 bits per heavy atom. The van der Waals surface area contributed by atoms with E-state index in [1.54, 1.807) is 0 Å². The highest BCUT2D eigenvalue weighted by Crippen LogP contribution is 2.25. The molecule has 0 heterocycles. The van der Waals surface area contributed by atoms with Crippen molar-refractivity contribution in [1.82, 2.24) is 0 Å². The smallest absolute Gasteiger partial charge is 0.349 e. The molecular formula is C14H6F6O2. The largest absolute Gasteiger partial charge is 0.423 e. The van der Waals surface area contributed by atoms with Gasteiger partial charge in [0.15, 0.2) is 23.3 Å². The second-order valence-electron chi connectivity index (χ2n) is 4.25. The third kappa shape index (κ3) is 2.63. The Morgan fingerprint density at radius 2 is 1.36 bits per heavy atom. The van der Waals surface area contributed by atoms with E-state index < -0.39 is 46.4 Å². The molecule has 2 nitrogen and oxygen atoms in total. The SMILES string of the molecule is Cc1cc(OC(=O)c2c(F)c(F)c(F)c(F)c2F)ccc1F. The van der Waals surface area contributed by atoms with E-state index in [1.807, 2.05) is 0 Å². The molecule has 0 aliphatic rings. The second-order valence-corrected chi connectivity index (χ2v) is 4.25. The van der Waals surface area contributed by atoms with E-state index in [0.29, 0.717) is 0 Å². The van der Waals surface area contributed by atoms with Gasteiger partial charge >= 0.3 is 5.97 Å². The van der Waals surface area contributed by atoms with Crippen molar-refractivity contribution in [2.45, 2.75) is 6.92 Å². The second kappa shape index (κ2) is 5.70. The first-order chi connectivity index (χ1) is 10.2. The minimum absolute atomic E-state index is 0.0581. The first kappa shape index (κ1) is 15.9. The van der Waals surface area contributed by atoms with Crippen molar-refractivity contribution in [2.24, 2.45) is 0 Å². The third-order valence-electron chi connectivity index (χ3n) is 2.75. The van der Waals surface area contributed by atoms with Gasteiger partial charge in [-0.05, 0) is 30.7 Å². The van der Waals surface area contributed by atoms with E-state index in [9.17, 15) is 31.1 Å². The predicted octanol–water partition coefficient (Wildman–Crippen LogP) is 4.05. The summed E-state index contributed by atoms with van der Waals surface area (Å²) in [6, 6.07) is 2.90. The van der Waals surface area contributed by atoms with Crippen LogP contribution in [0.3, 0.4) is 0 Å².